The van der Waals surface area contributed by atoms with Crippen LogP contribution < -0.4 is 5.32 Å². The van der Waals surface area contributed by atoms with Crippen molar-refractivity contribution >= 4 is 23.2 Å². The molecular formula is C16H23Cl2N. The van der Waals surface area contributed by atoms with Crippen LogP contribution in [-0.2, 0) is 0 Å². The Morgan fingerprint density at radius 1 is 1.16 bits per heavy atom. The molecule has 1 aromatic carbocycles. The highest BCUT2D eigenvalue weighted by Crippen LogP contribution is 2.32. The lowest BCUT2D eigenvalue weighted by Gasteiger charge is -2.34. The van der Waals surface area contributed by atoms with Gasteiger partial charge in [-0.05, 0) is 55.7 Å². The molecule has 0 saturated heterocycles. The predicted octanol–water partition coefficient (Wildman–Crippen LogP) is 5.47. The molecule has 1 N–H and O–H groups in total. The third kappa shape index (κ3) is 3.87. The van der Waals surface area contributed by atoms with Gasteiger partial charge in [0.2, 0.25) is 0 Å². The maximum Gasteiger partial charge on any atom is 0.0468 e. The molecule has 106 valence electrons. The molecule has 3 heteroatoms. The van der Waals surface area contributed by atoms with Crippen molar-refractivity contribution in [1.29, 1.82) is 0 Å². The van der Waals surface area contributed by atoms with Gasteiger partial charge >= 0.3 is 0 Å². The number of hydrogen-bond acceptors (Lipinski definition) is 1. The Hall–Kier alpha value is -0.240. The molecule has 1 aliphatic carbocycles. The van der Waals surface area contributed by atoms with Crippen molar-refractivity contribution < 1.29 is 0 Å². The summed E-state index contributed by atoms with van der Waals surface area (Å²) < 4.78 is 0. The monoisotopic (exact) mass is 299 g/mol. The average molecular weight is 300 g/mol. The second-order valence-electron chi connectivity index (χ2n) is 6.02. The molecule has 1 aliphatic rings. The first-order valence-electron chi connectivity index (χ1n) is 7.18. The highest BCUT2D eigenvalue weighted by molar-refractivity contribution is 6.35. The van der Waals surface area contributed by atoms with Crippen LogP contribution in [0, 0.1) is 11.8 Å². The molecule has 1 saturated carbocycles. The van der Waals surface area contributed by atoms with Gasteiger partial charge < -0.3 is 5.32 Å². The van der Waals surface area contributed by atoms with Gasteiger partial charge in [-0.1, -0.05) is 43.1 Å². The molecule has 1 fully saturated rings. The van der Waals surface area contributed by atoms with E-state index in [1.54, 1.807) is 0 Å². The fraction of sp³-hybridized carbons (Fsp3) is 0.625. The van der Waals surface area contributed by atoms with Gasteiger partial charge in [0.15, 0.2) is 0 Å². The minimum Gasteiger partial charge on any atom is -0.307 e. The highest BCUT2D eigenvalue weighted by Gasteiger charge is 2.25. The Labute approximate surface area is 126 Å². The van der Waals surface area contributed by atoms with E-state index in [-0.39, 0.29) is 6.04 Å². The first-order chi connectivity index (χ1) is 8.97. The Balaban J connectivity index is 1.99. The average Bonchev–Trinajstić information content (AvgIpc) is 2.33. The topological polar surface area (TPSA) is 12.0 Å². The molecule has 0 bridgehead atoms. The van der Waals surface area contributed by atoms with Gasteiger partial charge in [0.25, 0.3) is 0 Å². The van der Waals surface area contributed by atoms with Crippen molar-refractivity contribution in [2.24, 2.45) is 11.8 Å². The SMILES string of the molecule is CC(NC1CCC(C)C(C)C1)c1ccc(Cl)cc1Cl. The fourth-order valence-electron chi connectivity index (χ4n) is 2.99. The van der Waals surface area contributed by atoms with E-state index in [1.165, 1.54) is 19.3 Å². The molecule has 19 heavy (non-hydrogen) atoms. The van der Waals surface area contributed by atoms with E-state index in [4.69, 9.17) is 23.2 Å². The third-order valence-electron chi connectivity index (χ3n) is 4.51. The lowest BCUT2D eigenvalue weighted by molar-refractivity contribution is 0.217. The molecule has 0 aliphatic heterocycles. The minimum atomic E-state index is 0.273. The van der Waals surface area contributed by atoms with Crippen LogP contribution in [0.15, 0.2) is 18.2 Å². The van der Waals surface area contributed by atoms with Gasteiger partial charge in [0, 0.05) is 22.1 Å². The van der Waals surface area contributed by atoms with Crippen LogP contribution >= 0.6 is 23.2 Å². The van der Waals surface area contributed by atoms with Crippen molar-refractivity contribution in [2.45, 2.75) is 52.1 Å². The van der Waals surface area contributed by atoms with Gasteiger partial charge in [-0.2, -0.15) is 0 Å². The molecule has 0 aromatic heterocycles. The molecular weight excluding hydrogens is 277 g/mol. The van der Waals surface area contributed by atoms with Crippen LogP contribution in [0.2, 0.25) is 10.0 Å². The summed E-state index contributed by atoms with van der Waals surface area (Å²) in [7, 11) is 0. The second-order valence-corrected chi connectivity index (χ2v) is 6.86. The molecule has 0 heterocycles. The zero-order valence-electron chi connectivity index (χ0n) is 11.9. The minimum absolute atomic E-state index is 0.273. The van der Waals surface area contributed by atoms with Gasteiger partial charge in [-0.25, -0.2) is 0 Å². The first-order valence-corrected chi connectivity index (χ1v) is 7.94. The second kappa shape index (κ2) is 6.47. The quantitative estimate of drug-likeness (QED) is 0.780. The molecule has 4 unspecified atom stereocenters. The van der Waals surface area contributed by atoms with Gasteiger partial charge in [0.05, 0.1) is 0 Å². The van der Waals surface area contributed by atoms with Crippen LogP contribution in [0.3, 0.4) is 0 Å². The summed E-state index contributed by atoms with van der Waals surface area (Å²) >= 11 is 12.2. The van der Waals surface area contributed by atoms with Gasteiger partial charge in [-0.3, -0.25) is 0 Å². The van der Waals surface area contributed by atoms with Crippen molar-refractivity contribution in [3.05, 3.63) is 33.8 Å². The van der Waals surface area contributed by atoms with Crippen LogP contribution in [0.5, 0.6) is 0 Å². The van der Waals surface area contributed by atoms with Crippen LogP contribution in [-0.4, -0.2) is 6.04 Å². The molecule has 2 rings (SSSR count). The lowest BCUT2D eigenvalue weighted by atomic mass is 9.79. The number of nitrogens with one attached hydrogen (secondary N) is 1. The summed E-state index contributed by atoms with van der Waals surface area (Å²) in [5.41, 5.74) is 1.14. The normalized spacial score (nSPS) is 29.2. The number of benzene rings is 1. The number of halogens is 2. The Kier molecular flexibility index (Phi) is 5.16. The van der Waals surface area contributed by atoms with E-state index in [0.29, 0.717) is 11.1 Å². The van der Waals surface area contributed by atoms with Gasteiger partial charge in [-0.15, -0.1) is 0 Å². The predicted molar refractivity (Wildman–Crippen MR) is 84.0 cm³/mol. The lowest BCUT2D eigenvalue weighted by Crippen LogP contribution is -2.37. The number of hydrogen-bond donors (Lipinski definition) is 1. The summed E-state index contributed by atoms with van der Waals surface area (Å²) in [5.74, 6) is 1.66. The molecule has 4 atom stereocenters. The Bertz CT molecular complexity index is 433. The largest absolute Gasteiger partial charge is 0.307 e. The van der Waals surface area contributed by atoms with Crippen LogP contribution in [0.1, 0.15) is 51.6 Å². The Morgan fingerprint density at radius 2 is 1.89 bits per heavy atom. The smallest absolute Gasteiger partial charge is 0.0468 e. The van der Waals surface area contributed by atoms with E-state index < -0.39 is 0 Å². The van der Waals surface area contributed by atoms with E-state index in [9.17, 15) is 0 Å². The van der Waals surface area contributed by atoms with Crippen LogP contribution in [0.25, 0.3) is 0 Å². The van der Waals surface area contributed by atoms with E-state index in [1.807, 2.05) is 18.2 Å². The maximum absolute atomic E-state index is 6.27. The van der Waals surface area contributed by atoms with Crippen molar-refractivity contribution in [3.63, 3.8) is 0 Å². The fourth-order valence-corrected chi connectivity index (χ4v) is 3.57. The van der Waals surface area contributed by atoms with E-state index in [2.05, 4.69) is 26.1 Å². The van der Waals surface area contributed by atoms with Crippen molar-refractivity contribution in [3.8, 4) is 0 Å². The third-order valence-corrected chi connectivity index (χ3v) is 5.08. The van der Waals surface area contributed by atoms with Gasteiger partial charge in [0.1, 0.15) is 0 Å². The Morgan fingerprint density at radius 3 is 2.53 bits per heavy atom. The molecule has 0 spiro atoms. The summed E-state index contributed by atoms with van der Waals surface area (Å²) in [4.78, 5) is 0. The highest BCUT2D eigenvalue weighted by atomic mass is 35.5. The first kappa shape index (κ1) is 15.2. The molecule has 0 amide bonds. The maximum atomic E-state index is 6.27. The summed E-state index contributed by atoms with van der Waals surface area (Å²) in [6, 6.07) is 6.63. The summed E-state index contributed by atoms with van der Waals surface area (Å²) in [6.45, 7) is 6.90. The summed E-state index contributed by atoms with van der Waals surface area (Å²) in [6.07, 6.45) is 3.84. The summed E-state index contributed by atoms with van der Waals surface area (Å²) in [5, 5.41) is 5.17. The van der Waals surface area contributed by atoms with E-state index >= 15 is 0 Å². The zero-order valence-corrected chi connectivity index (χ0v) is 13.4. The zero-order chi connectivity index (χ0) is 14.0. The van der Waals surface area contributed by atoms with Crippen LogP contribution in [0.4, 0.5) is 0 Å². The van der Waals surface area contributed by atoms with E-state index in [0.717, 1.165) is 22.4 Å². The van der Waals surface area contributed by atoms with Crippen molar-refractivity contribution in [2.75, 3.05) is 0 Å². The molecule has 1 aromatic rings. The number of rotatable bonds is 3. The standard InChI is InChI=1S/C16H23Cl2N/c1-10-4-6-14(8-11(10)2)19-12(3)15-7-5-13(17)9-16(15)18/h5,7,9-12,14,19H,4,6,8H2,1-3H3. The molecule has 0 radical (unpaired) electrons. The van der Waals surface area contributed by atoms with Crippen molar-refractivity contribution in [1.82, 2.24) is 5.32 Å². The molecule has 1 nitrogen and oxygen atoms in total.